The van der Waals surface area contributed by atoms with Crippen molar-refractivity contribution in [2.24, 2.45) is 16.8 Å². The Morgan fingerprint density at radius 2 is 2.40 bits per heavy atom. The zero-order valence-electron chi connectivity index (χ0n) is 6.46. The Labute approximate surface area is 61.1 Å². The average molecular weight is 145 g/mol. The van der Waals surface area contributed by atoms with Crippen molar-refractivity contribution in [3.8, 4) is 0 Å². The number of hydrogen-bond donors (Lipinski definition) is 3. The van der Waals surface area contributed by atoms with Crippen LogP contribution in [0.3, 0.4) is 0 Å². The molecule has 0 aromatic carbocycles. The first-order valence-electron chi connectivity index (χ1n) is 3.40. The highest BCUT2D eigenvalue weighted by molar-refractivity contribution is 5.82. The normalized spacial score (nSPS) is 15.2. The summed E-state index contributed by atoms with van der Waals surface area (Å²) in [6.07, 6.45) is 0. The number of nitrogens with two attached hydrogens (primary N) is 1. The van der Waals surface area contributed by atoms with Gasteiger partial charge in [-0.3, -0.25) is 0 Å². The number of nitrogens with one attached hydrogen (secondary N) is 1. The van der Waals surface area contributed by atoms with E-state index >= 15 is 0 Å². The van der Waals surface area contributed by atoms with Crippen molar-refractivity contribution in [1.29, 1.82) is 0 Å². The van der Waals surface area contributed by atoms with E-state index in [4.69, 9.17) is 10.9 Å². The standard InChI is InChI=1S/C6H15N3O/c1-3-8-4-5(2)6(7)9-10/h5,8,10H,3-4H2,1-2H3,(H2,7,9). The van der Waals surface area contributed by atoms with E-state index in [1.807, 2.05) is 13.8 Å². The molecule has 4 N–H and O–H groups in total. The van der Waals surface area contributed by atoms with E-state index in [9.17, 15) is 0 Å². The van der Waals surface area contributed by atoms with Crippen LogP contribution in [0.1, 0.15) is 13.8 Å². The highest BCUT2D eigenvalue weighted by Crippen LogP contribution is 1.90. The summed E-state index contributed by atoms with van der Waals surface area (Å²) < 4.78 is 0. The lowest BCUT2D eigenvalue weighted by atomic mass is 10.1. The Hall–Kier alpha value is -0.770. The van der Waals surface area contributed by atoms with E-state index in [1.165, 1.54) is 0 Å². The van der Waals surface area contributed by atoms with Gasteiger partial charge in [-0.2, -0.15) is 0 Å². The van der Waals surface area contributed by atoms with Crippen LogP contribution < -0.4 is 11.1 Å². The summed E-state index contributed by atoms with van der Waals surface area (Å²) >= 11 is 0. The number of nitrogens with zero attached hydrogens (tertiary/aromatic N) is 1. The summed E-state index contributed by atoms with van der Waals surface area (Å²) in [5.41, 5.74) is 5.32. The van der Waals surface area contributed by atoms with Crippen LogP contribution >= 0.6 is 0 Å². The van der Waals surface area contributed by atoms with Crippen molar-refractivity contribution in [3.63, 3.8) is 0 Å². The predicted octanol–water partition coefficient (Wildman–Crippen LogP) is -0.0216. The lowest BCUT2D eigenvalue weighted by molar-refractivity contribution is 0.314. The van der Waals surface area contributed by atoms with Gasteiger partial charge in [-0.05, 0) is 6.54 Å². The predicted molar refractivity (Wildman–Crippen MR) is 41.1 cm³/mol. The van der Waals surface area contributed by atoms with Crippen molar-refractivity contribution >= 4 is 5.84 Å². The number of hydrogen-bond acceptors (Lipinski definition) is 3. The summed E-state index contributed by atoms with van der Waals surface area (Å²) in [6.45, 7) is 5.58. The molecule has 60 valence electrons. The Bertz CT molecular complexity index is 114. The minimum atomic E-state index is 0.102. The zero-order valence-corrected chi connectivity index (χ0v) is 6.46. The fourth-order valence-electron chi connectivity index (χ4n) is 0.564. The van der Waals surface area contributed by atoms with Gasteiger partial charge in [0.15, 0.2) is 0 Å². The van der Waals surface area contributed by atoms with Crippen molar-refractivity contribution < 1.29 is 5.21 Å². The molecule has 1 atom stereocenters. The van der Waals surface area contributed by atoms with Crippen molar-refractivity contribution in [3.05, 3.63) is 0 Å². The van der Waals surface area contributed by atoms with E-state index in [-0.39, 0.29) is 11.8 Å². The Morgan fingerprint density at radius 3 is 2.80 bits per heavy atom. The molecule has 0 bridgehead atoms. The molecule has 0 aromatic heterocycles. The van der Waals surface area contributed by atoms with Gasteiger partial charge in [-0.25, -0.2) is 0 Å². The van der Waals surface area contributed by atoms with Gasteiger partial charge in [0.25, 0.3) is 0 Å². The first-order valence-corrected chi connectivity index (χ1v) is 3.40. The first-order chi connectivity index (χ1) is 4.72. The largest absolute Gasteiger partial charge is 0.409 e. The molecule has 0 aliphatic heterocycles. The van der Waals surface area contributed by atoms with Crippen LogP contribution in [-0.4, -0.2) is 24.1 Å². The summed E-state index contributed by atoms with van der Waals surface area (Å²) in [5.74, 6) is 0.380. The van der Waals surface area contributed by atoms with Crippen LogP contribution in [0.15, 0.2) is 5.16 Å². The lowest BCUT2D eigenvalue weighted by Gasteiger charge is -2.08. The minimum Gasteiger partial charge on any atom is -0.409 e. The van der Waals surface area contributed by atoms with Crippen LogP contribution in [0.5, 0.6) is 0 Å². The average Bonchev–Trinajstić information content (AvgIpc) is 1.98. The molecule has 0 rings (SSSR count). The topological polar surface area (TPSA) is 70.6 Å². The monoisotopic (exact) mass is 145 g/mol. The van der Waals surface area contributed by atoms with Crippen LogP contribution in [0.25, 0.3) is 0 Å². The molecule has 0 saturated heterocycles. The molecule has 0 aliphatic carbocycles. The molecular weight excluding hydrogens is 130 g/mol. The summed E-state index contributed by atoms with van der Waals surface area (Å²) in [6, 6.07) is 0. The molecule has 10 heavy (non-hydrogen) atoms. The molecule has 0 saturated carbocycles. The van der Waals surface area contributed by atoms with Gasteiger partial charge in [-0.1, -0.05) is 19.0 Å². The molecular formula is C6H15N3O. The third-order valence-electron chi connectivity index (χ3n) is 1.32. The zero-order chi connectivity index (χ0) is 7.98. The number of rotatable bonds is 4. The Morgan fingerprint density at radius 1 is 1.80 bits per heavy atom. The molecule has 1 unspecified atom stereocenters. The van der Waals surface area contributed by atoms with Gasteiger partial charge in [0, 0.05) is 12.5 Å². The van der Waals surface area contributed by atoms with Crippen molar-refractivity contribution in [2.45, 2.75) is 13.8 Å². The number of oxime groups is 1. The maximum atomic E-state index is 8.24. The highest BCUT2D eigenvalue weighted by atomic mass is 16.4. The van der Waals surface area contributed by atoms with E-state index < -0.39 is 0 Å². The smallest absolute Gasteiger partial charge is 0.143 e. The second kappa shape index (κ2) is 5.05. The molecule has 0 aromatic rings. The molecule has 0 heterocycles. The Balaban J connectivity index is 3.51. The third kappa shape index (κ3) is 3.29. The van der Waals surface area contributed by atoms with E-state index in [2.05, 4.69) is 10.5 Å². The molecule has 0 aliphatic rings. The maximum absolute atomic E-state index is 8.24. The Kier molecular flexibility index (Phi) is 4.66. The summed E-state index contributed by atoms with van der Waals surface area (Å²) in [4.78, 5) is 0. The van der Waals surface area contributed by atoms with Crippen molar-refractivity contribution in [1.82, 2.24) is 5.32 Å². The van der Waals surface area contributed by atoms with Crippen LogP contribution in [0.4, 0.5) is 0 Å². The van der Waals surface area contributed by atoms with Gasteiger partial charge in [0.1, 0.15) is 5.84 Å². The second-order valence-corrected chi connectivity index (χ2v) is 2.23. The van der Waals surface area contributed by atoms with Gasteiger partial charge in [0.2, 0.25) is 0 Å². The molecule has 4 heteroatoms. The first kappa shape index (κ1) is 9.23. The molecule has 0 radical (unpaired) electrons. The fourth-order valence-corrected chi connectivity index (χ4v) is 0.564. The van der Waals surface area contributed by atoms with Gasteiger partial charge >= 0.3 is 0 Å². The number of amidine groups is 1. The van der Waals surface area contributed by atoms with Crippen LogP contribution in [0.2, 0.25) is 0 Å². The molecule has 0 spiro atoms. The van der Waals surface area contributed by atoms with Crippen LogP contribution in [-0.2, 0) is 0 Å². The SMILES string of the molecule is CCNCC(C)C(N)=NO. The lowest BCUT2D eigenvalue weighted by Crippen LogP contribution is -2.31. The minimum absolute atomic E-state index is 0.102. The van der Waals surface area contributed by atoms with Crippen LogP contribution in [0, 0.1) is 5.92 Å². The molecule has 4 nitrogen and oxygen atoms in total. The second-order valence-electron chi connectivity index (χ2n) is 2.23. The van der Waals surface area contributed by atoms with E-state index in [0.29, 0.717) is 0 Å². The summed E-state index contributed by atoms with van der Waals surface area (Å²) in [5, 5.41) is 14.2. The molecule has 0 amide bonds. The van der Waals surface area contributed by atoms with Gasteiger partial charge < -0.3 is 16.3 Å². The highest BCUT2D eigenvalue weighted by Gasteiger charge is 2.04. The maximum Gasteiger partial charge on any atom is 0.143 e. The van der Waals surface area contributed by atoms with E-state index in [1.54, 1.807) is 0 Å². The fraction of sp³-hybridized carbons (Fsp3) is 0.833. The van der Waals surface area contributed by atoms with Gasteiger partial charge in [0.05, 0.1) is 0 Å². The van der Waals surface area contributed by atoms with Gasteiger partial charge in [-0.15, -0.1) is 0 Å². The molecule has 0 fully saturated rings. The summed E-state index contributed by atoms with van der Waals surface area (Å²) in [7, 11) is 0. The third-order valence-corrected chi connectivity index (χ3v) is 1.32. The van der Waals surface area contributed by atoms with E-state index in [0.717, 1.165) is 13.1 Å². The van der Waals surface area contributed by atoms with Crippen molar-refractivity contribution in [2.75, 3.05) is 13.1 Å². The quantitative estimate of drug-likeness (QED) is 0.225.